The average molecular weight is 306 g/mol. The van der Waals surface area contributed by atoms with E-state index in [9.17, 15) is 22.8 Å². The standard InChI is InChI=1S/C12H13F3N2O4/c1-2-7(11(19)20)17-10(18)8-4-3-5-9(16-8)21-6-12(13,14)15/h3-5,7H,2,6H2,1H3,(H,17,18)(H,19,20). The maximum absolute atomic E-state index is 12.0. The van der Waals surface area contributed by atoms with Crippen molar-refractivity contribution in [3.05, 3.63) is 23.9 Å². The lowest BCUT2D eigenvalue weighted by Crippen LogP contribution is -2.40. The van der Waals surface area contributed by atoms with Crippen LogP contribution < -0.4 is 10.1 Å². The van der Waals surface area contributed by atoms with E-state index in [1.54, 1.807) is 6.92 Å². The third-order valence-corrected chi connectivity index (χ3v) is 2.35. The van der Waals surface area contributed by atoms with Gasteiger partial charge in [0, 0.05) is 6.07 Å². The molecule has 0 aliphatic rings. The SMILES string of the molecule is CCC(NC(=O)c1cccc(OCC(F)(F)F)n1)C(=O)O. The molecule has 0 fully saturated rings. The third kappa shape index (κ3) is 5.67. The van der Waals surface area contributed by atoms with Gasteiger partial charge in [-0.15, -0.1) is 0 Å². The van der Waals surface area contributed by atoms with E-state index in [1.165, 1.54) is 12.1 Å². The van der Waals surface area contributed by atoms with E-state index in [-0.39, 0.29) is 18.0 Å². The van der Waals surface area contributed by atoms with Crippen LogP contribution in [0.3, 0.4) is 0 Å². The Morgan fingerprint density at radius 3 is 2.62 bits per heavy atom. The molecule has 1 unspecified atom stereocenters. The number of ether oxygens (including phenoxy) is 1. The molecule has 0 aliphatic carbocycles. The molecule has 0 bridgehead atoms. The third-order valence-electron chi connectivity index (χ3n) is 2.35. The number of alkyl halides is 3. The van der Waals surface area contributed by atoms with E-state index in [1.807, 2.05) is 0 Å². The molecule has 9 heteroatoms. The number of carboxylic acid groups (broad SMARTS) is 1. The second-order valence-electron chi connectivity index (χ2n) is 4.04. The Kier molecular flexibility index (Phi) is 5.51. The largest absolute Gasteiger partial charge is 0.480 e. The van der Waals surface area contributed by atoms with Gasteiger partial charge in [0.2, 0.25) is 5.88 Å². The minimum Gasteiger partial charge on any atom is -0.480 e. The van der Waals surface area contributed by atoms with Crippen LogP contribution in [0.25, 0.3) is 0 Å². The van der Waals surface area contributed by atoms with Gasteiger partial charge in [0.1, 0.15) is 11.7 Å². The van der Waals surface area contributed by atoms with E-state index in [0.717, 1.165) is 6.07 Å². The Hall–Kier alpha value is -2.32. The zero-order valence-corrected chi connectivity index (χ0v) is 11.0. The van der Waals surface area contributed by atoms with Gasteiger partial charge in [0.25, 0.3) is 5.91 Å². The molecule has 21 heavy (non-hydrogen) atoms. The number of rotatable bonds is 6. The summed E-state index contributed by atoms with van der Waals surface area (Å²) in [6.07, 6.45) is -4.36. The van der Waals surface area contributed by atoms with Crippen LogP contribution in [-0.2, 0) is 4.79 Å². The first-order valence-corrected chi connectivity index (χ1v) is 5.93. The van der Waals surface area contributed by atoms with Crippen LogP contribution in [0.1, 0.15) is 23.8 Å². The fraction of sp³-hybridized carbons (Fsp3) is 0.417. The van der Waals surface area contributed by atoms with Gasteiger partial charge in [-0.1, -0.05) is 13.0 Å². The fourth-order valence-corrected chi connectivity index (χ4v) is 1.35. The smallest absolute Gasteiger partial charge is 0.422 e. The fourth-order valence-electron chi connectivity index (χ4n) is 1.35. The number of nitrogens with one attached hydrogen (secondary N) is 1. The summed E-state index contributed by atoms with van der Waals surface area (Å²) in [5.74, 6) is -2.39. The van der Waals surface area contributed by atoms with Crippen LogP contribution in [-0.4, -0.2) is 40.8 Å². The number of aromatic nitrogens is 1. The molecular formula is C12H13F3N2O4. The highest BCUT2D eigenvalue weighted by atomic mass is 19.4. The minimum absolute atomic E-state index is 0.158. The van der Waals surface area contributed by atoms with Crippen molar-refractivity contribution in [2.24, 2.45) is 0 Å². The molecule has 0 aliphatic heterocycles. The molecule has 1 heterocycles. The molecule has 0 saturated carbocycles. The number of aliphatic carboxylic acids is 1. The number of nitrogens with zero attached hydrogens (tertiary/aromatic N) is 1. The Bertz CT molecular complexity index is 519. The van der Waals surface area contributed by atoms with Gasteiger partial charge in [0.15, 0.2) is 6.61 Å². The predicted molar refractivity (Wildman–Crippen MR) is 65.0 cm³/mol. The van der Waals surface area contributed by atoms with Crippen molar-refractivity contribution in [3.63, 3.8) is 0 Å². The lowest BCUT2D eigenvalue weighted by molar-refractivity contribution is -0.154. The monoisotopic (exact) mass is 306 g/mol. The first kappa shape index (κ1) is 16.7. The summed E-state index contributed by atoms with van der Waals surface area (Å²) in [5.41, 5.74) is -0.227. The summed E-state index contributed by atoms with van der Waals surface area (Å²) >= 11 is 0. The summed E-state index contributed by atoms with van der Waals surface area (Å²) < 4.78 is 40.4. The number of hydrogen-bond acceptors (Lipinski definition) is 4. The Labute approximate surface area is 117 Å². The van der Waals surface area contributed by atoms with Crippen molar-refractivity contribution in [1.29, 1.82) is 0 Å². The van der Waals surface area contributed by atoms with E-state index < -0.39 is 30.7 Å². The Balaban J connectivity index is 2.75. The first-order chi connectivity index (χ1) is 9.73. The van der Waals surface area contributed by atoms with Gasteiger partial charge in [-0.3, -0.25) is 4.79 Å². The maximum Gasteiger partial charge on any atom is 0.422 e. The van der Waals surface area contributed by atoms with E-state index >= 15 is 0 Å². The molecule has 0 aromatic carbocycles. The minimum atomic E-state index is -4.52. The second kappa shape index (κ2) is 6.91. The van der Waals surface area contributed by atoms with Crippen molar-refractivity contribution >= 4 is 11.9 Å². The van der Waals surface area contributed by atoms with E-state index in [0.29, 0.717) is 0 Å². The summed E-state index contributed by atoms with van der Waals surface area (Å²) in [5, 5.41) is 11.0. The summed E-state index contributed by atoms with van der Waals surface area (Å²) in [4.78, 5) is 26.1. The summed E-state index contributed by atoms with van der Waals surface area (Å²) in [7, 11) is 0. The first-order valence-electron chi connectivity index (χ1n) is 5.93. The maximum atomic E-state index is 12.0. The quantitative estimate of drug-likeness (QED) is 0.833. The van der Waals surface area contributed by atoms with E-state index in [4.69, 9.17) is 5.11 Å². The Morgan fingerprint density at radius 1 is 1.43 bits per heavy atom. The molecule has 0 radical (unpaired) electrons. The highest BCUT2D eigenvalue weighted by Crippen LogP contribution is 2.17. The molecule has 1 amide bonds. The molecular weight excluding hydrogens is 293 g/mol. The number of hydrogen-bond donors (Lipinski definition) is 2. The average Bonchev–Trinajstić information content (AvgIpc) is 2.41. The number of carbonyl (C=O) groups is 2. The Morgan fingerprint density at radius 2 is 2.10 bits per heavy atom. The van der Waals surface area contributed by atoms with Crippen molar-refractivity contribution in [3.8, 4) is 5.88 Å². The van der Waals surface area contributed by atoms with Gasteiger partial charge >= 0.3 is 12.1 Å². The summed E-state index contributed by atoms with van der Waals surface area (Å²) in [6.45, 7) is 0.0349. The van der Waals surface area contributed by atoms with Crippen molar-refractivity contribution in [2.75, 3.05) is 6.61 Å². The van der Waals surface area contributed by atoms with Crippen LogP contribution in [0.4, 0.5) is 13.2 Å². The van der Waals surface area contributed by atoms with Gasteiger partial charge in [-0.2, -0.15) is 13.2 Å². The van der Waals surface area contributed by atoms with Crippen LogP contribution >= 0.6 is 0 Å². The zero-order chi connectivity index (χ0) is 16.0. The normalized spacial score (nSPS) is 12.6. The topological polar surface area (TPSA) is 88.5 Å². The molecule has 1 atom stereocenters. The molecule has 0 spiro atoms. The molecule has 116 valence electrons. The molecule has 0 saturated heterocycles. The molecule has 6 nitrogen and oxygen atoms in total. The van der Waals surface area contributed by atoms with Crippen LogP contribution in [0.5, 0.6) is 5.88 Å². The molecule has 1 aromatic heterocycles. The number of amides is 1. The number of pyridine rings is 1. The lowest BCUT2D eigenvalue weighted by atomic mass is 10.2. The van der Waals surface area contributed by atoms with Crippen LogP contribution in [0.15, 0.2) is 18.2 Å². The van der Waals surface area contributed by atoms with Gasteiger partial charge in [-0.05, 0) is 12.5 Å². The summed E-state index contributed by atoms with van der Waals surface area (Å²) in [6, 6.07) is 2.59. The molecule has 1 rings (SSSR count). The zero-order valence-electron chi connectivity index (χ0n) is 11.0. The number of carboxylic acids is 1. The van der Waals surface area contributed by atoms with E-state index in [2.05, 4.69) is 15.0 Å². The van der Waals surface area contributed by atoms with Crippen LogP contribution in [0.2, 0.25) is 0 Å². The molecule has 1 aromatic rings. The molecule has 2 N–H and O–H groups in total. The lowest BCUT2D eigenvalue weighted by Gasteiger charge is -2.12. The van der Waals surface area contributed by atoms with Gasteiger partial charge in [-0.25, -0.2) is 9.78 Å². The number of halogens is 3. The van der Waals surface area contributed by atoms with Crippen molar-refractivity contribution in [2.45, 2.75) is 25.6 Å². The van der Waals surface area contributed by atoms with Crippen molar-refractivity contribution < 1.29 is 32.6 Å². The number of carbonyl (C=O) groups excluding carboxylic acids is 1. The van der Waals surface area contributed by atoms with Gasteiger partial charge < -0.3 is 15.2 Å². The van der Waals surface area contributed by atoms with Gasteiger partial charge in [0.05, 0.1) is 0 Å². The van der Waals surface area contributed by atoms with Crippen molar-refractivity contribution in [1.82, 2.24) is 10.3 Å². The predicted octanol–water partition coefficient (Wildman–Crippen LogP) is 1.62. The van der Waals surface area contributed by atoms with Crippen LogP contribution in [0, 0.1) is 0 Å². The highest BCUT2D eigenvalue weighted by molar-refractivity contribution is 5.95. The second-order valence-corrected chi connectivity index (χ2v) is 4.04. The highest BCUT2D eigenvalue weighted by Gasteiger charge is 2.28.